The van der Waals surface area contributed by atoms with Gasteiger partial charge in [0.1, 0.15) is 12.2 Å². The van der Waals surface area contributed by atoms with Crippen molar-refractivity contribution in [2.75, 3.05) is 7.11 Å². The van der Waals surface area contributed by atoms with Gasteiger partial charge in [0.2, 0.25) is 5.82 Å². The van der Waals surface area contributed by atoms with E-state index < -0.39 is 0 Å². The Hall–Kier alpha value is -5.14. The van der Waals surface area contributed by atoms with Gasteiger partial charge in [0.15, 0.2) is 17.3 Å². The van der Waals surface area contributed by atoms with Crippen molar-refractivity contribution in [2.45, 2.75) is 13.0 Å². The summed E-state index contributed by atoms with van der Waals surface area (Å²) in [7, 11) is 1.58. The van der Waals surface area contributed by atoms with Crippen LogP contribution >= 0.6 is 11.6 Å². The van der Waals surface area contributed by atoms with Crippen LogP contribution in [-0.2, 0) is 13.0 Å². The number of furan rings is 1. The molecule has 0 aliphatic rings. The van der Waals surface area contributed by atoms with E-state index in [0.29, 0.717) is 63.2 Å². The normalized spacial score (nSPS) is 11.4. The monoisotopic (exact) mass is 575 g/mol. The number of para-hydroxylation sites is 2. The van der Waals surface area contributed by atoms with E-state index in [2.05, 4.69) is 11.7 Å². The maximum atomic E-state index is 13.6. The molecule has 0 N–H and O–H groups in total. The third-order valence-electron chi connectivity index (χ3n) is 6.76. The van der Waals surface area contributed by atoms with Crippen LogP contribution in [0.4, 0.5) is 0 Å². The van der Waals surface area contributed by atoms with E-state index in [1.807, 2.05) is 72.8 Å². The highest BCUT2D eigenvalue weighted by molar-refractivity contribution is 6.30. The molecule has 0 aliphatic heterocycles. The average molecular weight is 576 g/mol. The van der Waals surface area contributed by atoms with Crippen molar-refractivity contribution in [3.8, 4) is 23.1 Å². The summed E-state index contributed by atoms with van der Waals surface area (Å²) in [6, 6.07) is 27.9. The van der Waals surface area contributed by atoms with E-state index in [1.165, 1.54) is 4.68 Å². The molecule has 0 saturated heterocycles. The number of fused-ring (bicyclic) bond motifs is 2. The van der Waals surface area contributed by atoms with Crippen molar-refractivity contribution >= 4 is 39.7 Å². The van der Waals surface area contributed by atoms with E-state index >= 15 is 0 Å². The molecule has 0 unspecified atom stereocenters. The second-order valence-electron chi connectivity index (χ2n) is 9.58. The quantitative estimate of drug-likeness (QED) is 0.131. The smallest absolute Gasteiger partial charge is 0.282 e. The lowest BCUT2D eigenvalue weighted by atomic mass is 10.1. The van der Waals surface area contributed by atoms with Gasteiger partial charge < -0.3 is 13.9 Å². The maximum Gasteiger partial charge on any atom is 0.282 e. The number of rotatable bonds is 9. The molecule has 2 aromatic heterocycles. The number of allylic oxidation sites excluding steroid dienone is 1. The molecule has 7 nitrogen and oxygen atoms in total. The molecule has 0 bridgehead atoms. The molecular weight excluding hydrogens is 550 g/mol. The Labute approximate surface area is 246 Å². The largest absolute Gasteiger partial charge is 0.493 e. The first-order valence-electron chi connectivity index (χ1n) is 13.3. The Morgan fingerprint density at radius 3 is 2.60 bits per heavy atom. The zero-order valence-electron chi connectivity index (χ0n) is 22.8. The van der Waals surface area contributed by atoms with Gasteiger partial charge in [-0.25, -0.2) is 4.98 Å². The number of hydrogen-bond acceptors (Lipinski definition) is 6. The molecule has 8 heteroatoms. The average Bonchev–Trinajstić information content (AvgIpc) is 3.45. The highest BCUT2D eigenvalue weighted by Gasteiger charge is 2.17. The van der Waals surface area contributed by atoms with Crippen LogP contribution in [0.25, 0.3) is 33.5 Å². The highest BCUT2D eigenvalue weighted by Crippen LogP contribution is 2.34. The summed E-state index contributed by atoms with van der Waals surface area (Å²) in [4.78, 5) is 18.4. The summed E-state index contributed by atoms with van der Waals surface area (Å²) in [5.41, 5.74) is 3.48. The number of halogens is 1. The molecule has 0 spiro atoms. The first kappa shape index (κ1) is 27.1. The van der Waals surface area contributed by atoms with Gasteiger partial charge in [-0.15, -0.1) is 6.58 Å². The van der Waals surface area contributed by atoms with Crippen LogP contribution in [0.1, 0.15) is 16.7 Å². The SMILES string of the molecule is C=CCc1cc(C=Nn2c(-c3cc4ccccc4o3)nc3ccccc3c2=O)cc(OC)c1OCc1ccc(Cl)cc1. The predicted molar refractivity (Wildman–Crippen MR) is 167 cm³/mol. The number of aromatic nitrogens is 2. The molecule has 0 aliphatic carbocycles. The minimum absolute atomic E-state index is 0.298. The lowest BCUT2D eigenvalue weighted by molar-refractivity contribution is 0.282. The summed E-state index contributed by atoms with van der Waals surface area (Å²) < 4.78 is 19.2. The number of methoxy groups -OCH3 is 1. The molecule has 208 valence electrons. The molecule has 2 heterocycles. The Morgan fingerprint density at radius 2 is 1.81 bits per heavy atom. The first-order chi connectivity index (χ1) is 20.5. The molecule has 0 atom stereocenters. The van der Waals surface area contributed by atoms with Gasteiger partial charge in [0.25, 0.3) is 5.56 Å². The van der Waals surface area contributed by atoms with E-state index in [4.69, 9.17) is 30.5 Å². The fourth-order valence-corrected chi connectivity index (χ4v) is 4.85. The van der Waals surface area contributed by atoms with Gasteiger partial charge in [-0.2, -0.15) is 9.78 Å². The molecular formula is C34H26ClN3O4. The Morgan fingerprint density at radius 1 is 1.02 bits per heavy atom. The lowest BCUT2D eigenvalue weighted by Crippen LogP contribution is -2.20. The highest BCUT2D eigenvalue weighted by atomic mass is 35.5. The number of ether oxygens (including phenoxy) is 2. The van der Waals surface area contributed by atoms with Crippen LogP contribution < -0.4 is 15.0 Å². The van der Waals surface area contributed by atoms with E-state index in [1.54, 1.807) is 37.6 Å². The van der Waals surface area contributed by atoms with Crippen LogP contribution in [0.2, 0.25) is 5.02 Å². The molecule has 0 fully saturated rings. The van der Waals surface area contributed by atoms with Crippen molar-refractivity contribution in [3.05, 3.63) is 136 Å². The number of hydrogen-bond donors (Lipinski definition) is 0. The second-order valence-corrected chi connectivity index (χ2v) is 10.0. The fourth-order valence-electron chi connectivity index (χ4n) is 4.72. The third-order valence-corrected chi connectivity index (χ3v) is 7.01. The molecule has 6 rings (SSSR count). The second kappa shape index (κ2) is 11.8. The zero-order valence-corrected chi connectivity index (χ0v) is 23.5. The van der Waals surface area contributed by atoms with Crippen molar-refractivity contribution in [1.82, 2.24) is 9.66 Å². The van der Waals surface area contributed by atoms with E-state index in [-0.39, 0.29) is 5.56 Å². The van der Waals surface area contributed by atoms with Crippen LogP contribution in [0.15, 0.2) is 118 Å². The molecule has 0 amide bonds. The van der Waals surface area contributed by atoms with Gasteiger partial charge in [0.05, 0.1) is 24.2 Å². The van der Waals surface area contributed by atoms with Gasteiger partial charge in [-0.05, 0) is 66.1 Å². The summed E-state index contributed by atoms with van der Waals surface area (Å²) in [5.74, 6) is 1.88. The standard InChI is InChI=1S/C34H26ClN3O4/c1-3-8-25-17-23(18-30(40-2)32(25)41-21-22-13-15-26(35)16-14-22)20-36-38-33(31-19-24-9-4-7-12-29(24)42-31)37-28-11-6-5-10-27(28)34(38)39/h3-7,9-20H,1,8,21H2,2H3. The first-order valence-corrected chi connectivity index (χ1v) is 13.7. The Kier molecular flexibility index (Phi) is 7.58. The Bertz CT molecular complexity index is 1980. The van der Waals surface area contributed by atoms with Gasteiger partial charge >= 0.3 is 0 Å². The topological polar surface area (TPSA) is 78.9 Å². The predicted octanol–water partition coefficient (Wildman–Crippen LogP) is 7.66. The van der Waals surface area contributed by atoms with E-state index in [9.17, 15) is 4.79 Å². The van der Waals surface area contributed by atoms with Crippen LogP contribution in [-0.4, -0.2) is 23.0 Å². The van der Waals surface area contributed by atoms with Crippen molar-refractivity contribution in [1.29, 1.82) is 0 Å². The lowest BCUT2D eigenvalue weighted by Gasteiger charge is -2.16. The van der Waals surface area contributed by atoms with Crippen LogP contribution in [0.3, 0.4) is 0 Å². The molecule has 0 saturated carbocycles. The molecule has 4 aromatic carbocycles. The number of nitrogens with zero attached hydrogens (tertiary/aromatic N) is 3. The van der Waals surface area contributed by atoms with Crippen molar-refractivity contribution in [3.63, 3.8) is 0 Å². The maximum absolute atomic E-state index is 13.6. The summed E-state index contributed by atoms with van der Waals surface area (Å²) in [6.45, 7) is 4.24. The Balaban J connectivity index is 1.42. The van der Waals surface area contributed by atoms with Crippen LogP contribution in [0, 0.1) is 0 Å². The van der Waals surface area contributed by atoms with Gasteiger partial charge in [0, 0.05) is 16.0 Å². The fraction of sp³-hybridized carbons (Fsp3) is 0.0882. The third kappa shape index (κ3) is 5.42. The zero-order chi connectivity index (χ0) is 29.1. The minimum atomic E-state index is -0.312. The van der Waals surface area contributed by atoms with Gasteiger partial charge in [-0.1, -0.05) is 60.1 Å². The minimum Gasteiger partial charge on any atom is -0.493 e. The molecule has 42 heavy (non-hydrogen) atoms. The van der Waals surface area contributed by atoms with Crippen LogP contribution in [0.5, 0.6) is 11.5 Å². The summed E-state index contributed by atoms with van der Waals surface area (Å²) in [5, 5.41) is 6.62. The summed E-state index contributed by atoms with van der Waals surface area (Å²) in [6.07, 6.45) is 3.93. The molecule has 0 radical (unpaired) electrons. The number of benzene rings is 4. The van der Waals surface area contributed by atoms with Gasteiger partial charge in [-0.3, -0.25) is 4.79 Å². The summed E-state index contributed by atoms with van der Waals surface area (Å²) >= 11 is 6.02. The van der Waals surface area contributed by atoms with Crippen molar-refractivity contribution < 1.29 is 13.9 Å². The van der Waals surface area contributed by atoms with Crippen molar-refractivity contribution in [2.24, 2.45) is 5.10 Å². The molecule has 6 aromatic rings. The van der Waals surface area contributed by atoms with E-state index in [0.717, 1.165) is 16.5 Å².